The maximum atomic E-state index is 12.8. The third-order valence-corrected chi connectivity index (χ3v) is 5.95. The third kappa shape index (κ3) is 5.81. The fourth-order valence-electron chi connectivity index (χ4n) is 3.54. The molecule has 2 N–H and O–H groups in total. The topological polar surface area (TPSA) is 61.4 Å². The molecule has 2 rings (SSSR count). The van der Waals surface area contributed by atoms with Crippen LogP contribution in [0.25, 0.3) is 0 Å². The van der Waals surface area contributed by atoms with Crippen molar-refractivity contribution >= 4 is 23.2 Å². The van der Waals surface area contributed by atoms with Gasteiger partial charge < -0.3 is 15.5 Å². The van der Waals surface area contributed by atoms with E-state index in [-0.39, 0.29) is 29.7 Å². The number of carbonyl (C=O) groups is 2. The van der Waals surface area contributed by atoms with Crippen LogP contribution in [0.3, 0.4) is 0 Å². The summed E-state index contributed by atoms with van der Waals surface area (Å²) in [6.45, 7) is 4.49. The Bertz CT molecular complexity index is 566. The normalized spacial score (nSPS) is 17.9. The highest BCUT2D eigenvalue weighted by Gasteiger charge is 2.29. The largest absolute Gasteiger partial charge is 0.352 e. The summed E-state index contributed by atoms with van der Waals surface area (Å²) >= 11 is 1.66. The fourth-order valence-corrected chi connectivity index (χ4v) is 4.25. The van der Waals surface area contributed by atoms with E-state index >= 15 is 0 Å². The number of nitrogens with zero attached hydrogens (tertiary/aromatic N) is 1. The van der Waals surface area contributed by atoms with Crippen molar-refractivity contribution in [1.82, 2.24) is 15.5 Å². The maximum absolute atomic E-state index is 12.8. The molecule has 0 unspecified atom stereocenters. The van der Waals surface area contributed by atoms with Crippen LogP contribution >= 0.6 is 11.3 Å². The number of hydrogen-bond donors (Lipinski definition) is 2. The second-order valence-corrected chi connectivity index (χ2v) is 8.63. The van der Waals surface area contributed by atoms with Gasteiger partial charge in [-0.3, -0.25) is 9.59 Å². The minimum absolute atomic E-state index is 0.0422. The number of thiophene rings is 1. The van der Waals surface area contributed by atoms with Crippen LogP contribution in [-0.4, -0.2) is 43.4 Å². The molecule has 2 amide bonds. The lowest BCUT2D eigenvalue weighted by atomic mass is 9.88. The molecule has 6 heteroatoms. The third-order valence-electron chi connectivity index (χ3n) is 5.24. The minimum atomic E-state index is -0.477. The number of hydrogen-bond acceptors (Lipinski definition) is 4. The Morgan fingerprint density at radius 3 is 2.46 bits per heavy atom. The van der Waals surface area contributed by atoms with E-state index in [4.69, 9.17) is 0 Å². The van der Waals surface area contributed by atoms with Gasteiger partial charge in [0.2, 0.25) is 11.8 Å². The van der Waals surface area contributed by atoms with E-state index in [2.05, 4.69) is 32.4 Å². The minimum Gasteiger partial charge on any atom is -0.352 e. The summed E-state index contributed by atoms with van der Waals surface area (Å²) in [6, 6.07) is 1.74. The van der Waals surface area contributed by atoms with Gasteiger partial charge in [-0.15, -0.1) is 0 Å². The predicted octanol–water partition coefficient (Wildman–Crippen LogP) is 3.19. The van der Waals surface area contributed by atoms with Crippen molar-refractivity contribution in [2.24, 2.45) is 11.8 Å². The summed E-state index contributed by atoms with van der Waals surface area (Å²) in [4.78, 5) is 27.4. The molecule has 1 aliphatic rings. The van der Waals surface area contributed by atoms with Crippen molar-refractivity contribution in [1.29, 1.82) is 0 Å². The van der Waals surface area contributed by atoms with Gasteiger partial charge in [0.15, 0.2) is 0 Å². The highest BCUT2D eigenvalue weighted by Crippen LogP contribution is 2.24. The van der Waals surface area contributed by atoms with E-state index in [1.54, 1.807) is 11.3 Å². The van der Waals surface area contributed by atoms with E-state index in [0.717, 1.165) is 25.7 Å². The number of likely N-dealkylation sites (N-methyl/N-ethyl adjacent to an activating group) is 1. The standard InChI is InChI=1S/C20H33N3O2S/c1-14(2)18(22-19(24)15-8-6-5-7-9-15)20(25)21-12-17(23(3)4)16-10-11-26-13-16/h10-11,13-15,17-18H,5-9,12H2,1-4H3,(H,21,25)(H,22,24)/t17-,18+/m0/s1. The molecule has 0 radical (unpaired) electrons. The first kappa shape index (κ1) is 20.9. The zero-order valence-corrected chi connectivity index (χ0v) is 17.3. The Labute approximate surface area is 161 Å². The Morgan fingerprint density at radius 2 is 1.92 bits per heavy atom. The highest BCUT2D eigenvalue weighted by atomic mass is 32.1. The number of carbonyl (C=O) groups excluding carboxylic acids is 2. The molecule has 0 aliphatic heterocycles. The average molecular weight is 380 g/mol. The first-order chi connectivity index (χ1) is 12.4. The average Bonchev–Trinajstić information content (AvgIpc) is 3.13. The molecule has 1 aromatic rings. The van der Waals surface area contributed by atoms with Crippen LogP contribution in [0, 0.1) is 11.8 Å². The summed E-state index contributed by atoms with van der Waals surface area (Å²) in [7, 11) is 4.03. The van der Waals surface area contributed by atoms with Crippen LogP contribution in [-0.2, 0) is 9.59 Å². The Kier molecular flexibility index (Phi) is 8.10. The van der Waals surface area contributed by atoms with Crippen molar-refractivity contribution in [3.63, 3.8) is 0 Å². The van der Waals surface area contributed by atoms with Crippen LogP contribution in [0.15, 0.2) is 16.8 Å². The Balaban J connectivity index is 1.93. The molecule has 0 spiro atoms. The molecule has 0 aromatic carbocycles. The van der Waals surface area contributed by atoms with Crippen LogP contribution in [0.1, 0.15) is 57.6 Å². The van der Waals surface area contributed by atoms with Crippen LogP contribution < -0.4 is 10.6 Å². The second kappa shape index (κ2) is 10.1. The molecule has 1 heterocycles. The summed E-state index contributed by atoms with van der Waals surface area (Å²) in [5.41, 5.74) is 1.20. The SMILES string of the molecule is CC(C)[C@@H](NC(=O)C1CCCCC1)C(=O)NC[C@@H](c1ccsc1)N(C)C. The Morgan fingerprint density at radius 1 is 1.23 bits per heavy atom. The molecule has 0 bridgehead atoms. The summed E-state index contributed by atoms with van der Waals surface area (Å²) in [6.07, 6.45) is 5.33. The molecule has 146 valence electrons. The highest BCUT2D eigenvalue weighted by molar-refractivity contribution is 7.07. The quantitative estimate of drug-likeness (QED) is 0.729. The van der Waals surface area contributed by atoms with Crippen molar-refractivity contribution in [3.8, 4) is 0 Å². The van der Waals surface area contributed by atoms with E-state index < -0.39 is 6.04 Å². The molecule has 1 fully saturated rings. The van der Waals surface area contributed by atoms with E-state index in [1.165, 1.54) is 12.0 Å². The van der Waals surface area contributed by atoms with Crippen molar-refractivity contribution in [2.45, 2.75) is 58.0 Å². The molecule has 26 heavy (non-hydrogen) atoms. The molecule has 1 aromatic heterocycles. The maximum Gasteiger partial charge on any atom is 0.242 e. The molecule has 0 saturated heterocycles. The summed E-state index contributed by atoms with van der Waals surface area (Å²) < 4.78 is 0. The Hall–Kier alpha value is -1.40. The summed E-state index contributed by atoms with van der Waals surface area (Å²) in [5, 5.41) is 10.2. The first-order valence-corrected chi connectivity index (χ1v) is 10.6. The first-order valence-electron chi connectivity index (χ1n) is 9.66. The van der Waals surface area contributed by atoms with Crippen molar-refractivity contribution in [3.05, 3.63) is 22.4 Å². The smallest absolute Gasteiger partial charge is 0.242 e. The lowest BCUT2D eigenvalue weighted by Gasteiger charge is -2.28. The van der Waals surface area contributed by atoms with Gasteiger partial charge in [0.1, 0.15) is 6.04 Å². The van der Waals surface area contributed by atoms with Gasteiger partial charge in [-0.25, -0.2) is 0 Å². The zero-order valence-electron chi connectivity index (χ0n) is 16.5. The molecule has 5 nitrogen and oxygen atoms in total. The van der Waals surface area contributed by atoms with Gasteiger partial charge in [0, 0.05) is 12.5 Å². The van der Waals surface area contributed by atoms with E-state index in [1.807, 2.05) is 27.9 Å². The molecule has 2 atom stereocenters. The summed E-state index contributed by atoms with van der Waals surface area (Å²) in [5.74, 6) is 0.0754. The van der Waals surface area contributed by atoms with Gasteiger partial charge in [0.25, 0.3) is 0 Å². The lowest BCUT2D eigenvalue weighted by molar-refractivity contribution is -0.132. The second-order valence-electron chi connectivity index (χ2n) is 7.85. The van der Waals surface area contributed by atoms with Gasteiger partial charge in [0.05, 0.1) is 6.04 Å². The predicted molar refractivity (Wildman–Crippen MR) is 107 cm³/mol. The van der Waals surface area contributed by atoms with E-state index in [9.17, 15) is 9.59 Å². The van der Waals surface area contributed by atoms with Gasteiger partial charge >= 0.3 is 0 Å². The van der Waals surface area contributed by atoms with Gasteiger partial charge in [-0.1, -0.05) is 33.1 Å². The van der Waals surface area contributed by atoms with Crippen LogP contribution in [0.4, 0.5) is 0 Å². The molecular weight excluding hydrogens is 346 g/mol. The van der Waals surface area contributed by atoms with Crippen molar-refractivity contribution < 1.29 is 9.59 Å². The number of rotatable bonds is 8. The van der Waals surface area contributed by atoms with Gasteiger partial charge in [-0.2, -0.15) is 11.3 Å². The van der Waals surface area contributed by atoms with Crippen LogP contribution in [0.5, 0.6) is 0 Å². The van der Waals surface area contributed by atoms with E-state index in [0.29, 0.717) is 6.54 Å². The zero-order chi connectivity index (χ0) is 19.1. The van der Waals surface area contributed by atoms with Crippen molar-refractivity contribution in [2.75, 3.05) is 20.6 Å². The molecular formula is C20H33N3O2S. The monoisotopic (exact) mass is 379 g/mol. The lowest BCUT2D eigenvalue weighted by Crippen LogP contribution is -2.52. The van der Waals surface area contributed by atoms with Gasteiger partial charge in [-0.05, 0) is 55.2 Å². The number of amides is 2. The van der Waals surface area contributed by atoms with Crippen LogP contribution in [0.2, 0.25) is 0 Å². The molecule has 1 saturated carbocycles. The molecule has 1 aliphatic carbocycles. The number of nitrogens with one attached hydrogen (secondary N) is 2. The fraction of sp³-hybridized carbons (Fsp3) is 0.700.